The van der Waals surface area contributed by atoms with E-state index in [1.54, 1.807) is 0 Å². The number of amides is 4. The zero-order chi connectivity index (χ0) is 21.6. The number of rotatable bonds is 7. The second kappa shape index (κ2) is 9.76. The van der Waals surface area contributed by atoms with E-state index in [1.165, 1.54) is 30.9 Å². The molecule has 0 bridgehead atoms. The molecule has 1 saturated heterocycles. The van der Waals surface area contributed by atoms with Crippen molar-refractivity contribution in [2.45, 2.75) is 38.8 Å². The Kier molecular flexibility index (Phi) is 7.40. The number of aldehydes is 1. The molecule has 2 rings (SSSR count). The Balaban J connectivity index is 1.95. The molecule has 0 radical (unpaired) electrons. The largest absolute Gasteiger partial charge is 0.345 e. The summed E-state index contributed by atoms with van der Waals surface area (Å²) in [5.74, 6) is -2.92. The summed E-state index contributed by atoms with van der Waals surface area (Å²) in [5.41, 5.74) is -0.0690. The number of carbonyl (C=O) groups excluding carboxylic acids is 5. The van der Waals surface area contributed by atoms with Crippen molar-refractivity contribution in [1.82, 2.24) is 15.5 Å². The summed E-state index contributed by atoms with van der Waals surface area (Å²) in [6, 6.07) is 2.20. The van der Waals surface area contributed by atoms with Gasteiger partial charge in [-0.3, -0.25) is 19.2 Å². The van der Waals surface area contributed by atoms with Gasteiger partial charge in [-0.25, -0.2) is 4.39 Å². The topological polar surface area (TPSA) is 125 Å². The van der Waals surface area contributed by atoms with Gasteiger partial charge < -0.3 is 25.6 Å². The van der Waals surface area contributed by atoms with Crippen LogP contribution in [0.1, 0.15) is 37.0 Å². The molecular weight excluding hydrogens is 383 g/mol. The summed E-state index contributed by atoms with van der Waals surface area (Å²) in [6.45, 7) is 2.74. The molecule has 0 unspecified atom stereocenters. The lowest BCUT2D eigenvalue weighted by Gasteiger charge is -2.24. The Morgan fingerprint density at radius 2 is 2.03 bits per heavy atom. The molecule has 0 aromatic heterocycles. The average molecular weight is 406 g/mol. The van der Waals surface area contributed by atoms with Crippen molar-refractivity contribution in [3.05, 3.63) is 29.6 Å². The number of carbonyl (C=O) groups is 5. The molecule has 10 heteroatoms. The van der Waals surface area contributed by atoms with Gasteiger partial charge >= 0.3 is 0 Å². The molecule has 0 saturated carbocycles. The molecular formula is C19H23FN4O5. The maximum absolute atomic E-state index is 14.1. The number of halogens is 1. The first-order valence-electron chi connectivity index (χ1n) is 9.13. The predicted octanol–water partition coefficient (Wildman–Crippen LogP) is 0.209. The highest BCUT2D eigenvalue weighted by Gasteiger charge is 2.34. The van der Waals surface area contributed by atoms with Crippen molar-refractivity contribution >= 4 is 35.6 Å². The molecule has 1 aromatic carbocycles. The molecule has 1 heterocycles. The molecule has 29 heavy (non-hydrogen) atoms. The van der Waals surface area contributed by atoms with Crippen LogP contribution in [0.25, 0.3) is 0 Å². The fourth-order valence-electron chi connectivity index (χ4n) is 3.03. The van der Waals surface area contributed by atoms with Crippen molar-refractivity contribution in [2.24, 2.45) is 0 Å². The Hall–Kier alpha value is -3.30. The predicted molar refractivity (Wildman–Crippen MR) is 101 cm³/mol. The molecule has 9 nitrogen and oxygen atoms in total. The molecule has 1 aliphatic heterocycles. The molecule has 4 amide bonds. The van der Waals surface area contributed by atoms with E-state index in [0.717, 1.165) is 6.07 Å². The second-order valence-corrected chi connectivity index (χ2v) is 6.74. The number of likely N-dealkylation sites (tertiary alicyclic amines) is 1. The van der Waals surface area contributed by atoms with Crippen LogP contribution in [-0.4, -0.2) is 60.0 Å². The molecule has 1 aromatic rings. The van der Waals surface area contributed by atoms with Crippen LogP contribution in [0.15, 0.2) is 18.2 Å². The molecule has 1 fully saturated rings. The van der Waals surface area contributed by atoms with Crippen LogP contribution in [0.4, 0.5) is 10.1 Å². The van der Waals surface area contributed by atoms with Crippen LogP contribution in [-0.2, 0) is 19.2 Å². The first-order valence-corrected chi connectivity index (χ1v) is 9.13. The Morgan fingerprint density at radius 3 is 2.66 bits per heavy atom. The number of nitrogens with zero attached hydrogens (tertiary/aromatic N) is 1. The van der Waals surface area contributed by atoms with E-state index in [9.17, 15) is 28.4 Å². The number of hydrogen-bond acceptors (Lipinski definition) is 5. The zero-order valence-corrected chi connectivity index (χ0v) is 16.2. The van der Waals surface area contributed by atoms with Gasteiger partial charge in [0.1, 0.15) is 18.1 Å². The average Bonchev–Trinajstić information content (AvgIpc) is 3.15. The quantitative estimate of drug-likeness (QED) is 0.559. The monoisotopic (exact) mass is 406 g/mol. The Labute approximate surface area is 167 Å². The summed E-state index contributed by atoms with van der Waals surface area (Å²) in [6.07, 6.45) is 1.66. The van der Waals surface area contributed by atoms with E-state index in [-0.39, 0.29) is 17.2 Å². The van der Waals surface area contributed by atoms with Gasteiger partial charge in [0.2, 0.25) is 17.7 Å². The lowest BCUT2D eigenvalue weighted by molar-refractivity contribution is -0.138. The van der Waals surface area contributed by atoms with E-state index in [4.69, 9.17) is 0 Å². The molecule has 0 spiro atoms. The lowest BCUT2D eigenvalue weighted by Crippen LogP contribution is -2.50. The van der Waals surface area contributed by atoms with Crippen molar-refractivity contribution in [1.29, 1.82) is 0 Å². The van der Waals surface area contributed by atoms with Gasteiger partial charge in [-0.2, -0.15) is 0 Å². The van der Waals surface area contributed by atoms with Gasteiger partial charge in [-0.15, -0.1) is 0 Å². The smallest absolute Gasteiger partial charge is 0.254 e. The lowest BCUT2D eigenvalue weighted by atomic mass is 10.1. The summed E-state index contributed by atoms with van der Waals surface area (Å²) in [5, 5.41) is 7.25. The molecule has 3 N–H and O–H groups in total. The highest BCUT2D eigenvalue weighted by molar-refractivity contribution is 5.98. The van der Waals surface area contributed by atoms with Crippen LogP contribution >= 0.6 is 0 Å². The highest BCUT2D eigenvalue weighted by atomic mass is 19.1. The van der Waals surface area contributed by atoms with E-state index >= 15 is 0 Å². The maximum atomic E-state index is 14.1. The second-order valence-electron chi connectivity index (χ2n) is 6.74. The normalized spacial score (nSPS) is 16.7. The van der Waals surface area contributed by atoms with Crippen LogP contribution in [0.5, 0.6) is 0 Å². The number of benzene rings is 1. The van der Waals surface area contributed by atoms with E-state index in [1.807, 2.05) is 0 Å². The van der Waals surface area contributed by atoms with Gasteiger partial charge in [-0.05, 0) is 38.0 Å². The van der Waals surface area contributed by atoms with Crippen molar-refractivity contribution in [2.75, 3.05) is 18.4 Å². The minimum atomic E-state index is -0.845. The molecule has 1 aliphatic rings. The number of anilines is 1. The summed E-state index contributed by atoms with van der Waals surface area (Å²) in [7, 11) is 0. The third-order valence-electron chi connectivity index (χ3n) is 4.38. The first kappa shape index (κ1) is 22.0. The van der Waals surface area contributed by atoms with Crippen LogP contribution in [0.2, 0.25) is 0 Å². The standard InChI is InChI=1S/C19H23FN4O5/c1-11(10-25)22-19(29)16-4-3-7-24(16)17(27)9-21-18(28)14-6-5-13(8-15(14)20)23-12(2)26/h5-6,8,10-11,16H,3-4,7,9H2,1-2H3,(H,21,28)(H,22,29)(H,23,26)/t11-,16-/m0/s1. The SMILES string of the molecule is CC(=O)Nc1ccc(C(=O)NCC(=O)N2CCC[C@H]2C(=O)N[C@@H](C)C=O)c(F)c1. The molecule has 156 valence electrons. The fraction of sp³-hybridized carbons (Fsp3) is 0.421. The van der Waals surface area contributed by atoms with Crippen LogP contribution in [0.3, 0.4) is 0 Å². The minimum Gasteiger partial charge on any atom is -0.345 e. The van der Waals surface area contributed by atoms with Crippen LogP contribution < -0.4 is 16.0 Å². The van der Waals surface area contributed by atoms with Crippen molar-refractivity contribution in [3.63, 3.8) is 0 Å². The highest BCUT2D eigenvalue weighted by Crippen LogP contribution is 2.18. The third-order valence-corrected chi connectivity index (χ3v) is 4.38. The molecule has 0 aliphatic carbocycles. The van der Waals surface area contributed by atoms with Gasteiger partial charge in [0.25, 0.3) is 5.91 Å². The van der Waals surface area contributed by atoms with Gasteiger partial charge in [0, 0.05) is 19.2 Å². The van der Waals surface area contributed by atoms with E-state index in [2.05, 4.69) is 16.0 Å². The summed E-state index contributed by atoms with van der Waals surface area (Å²) in [4.78, 5) is 59.9. The summed E-state index contributed by atoms with van der Waals surface area (Å²) >= 11 is 0. The van der Waals surface area contributed by atoms with E-state index < -0.39 is 42.2 Å². The van der Waals surface area contributed by atoms with E-state index in [0.29, 0.717) is 25.7 Å². The maximum Gasteiger partial charge on any atom is 0.254 e. The minimum absolute atomic E-state index is 0.207. The number of hydrogen-bond donors (Lipinski definition) is 3. The zero-order valence-electron chi connectivity index (χ0n) is 16.2. The van der Waals surface area contributed by atoms with Crippen molar-refractivity contribution in [3.8, 4) is 0 Å². The Morgan fingerprint density at radius 1 is 1.31 bits per heavy atom. The Bertz CT molecular complexity index is 829. The summed E-state index contributed by atoms with van der Waals surface area (Å²) < 4.78 is 14.1. The van der Waals surface area contributed by atoms with Crippen LogP contribution in [0, 0.1) is 5.82 Å². The van der Waals surface area contributed by atoms with Gasteiger partial charge in [0.15, 0.2) is 0 Å². The fourth-order valence-corrected chi connectivity index (χ4v) is 3.03. The van der Waals surface area contributed by atoms with Gasteiger partial charge in [0.05, 0.1) is 18.2 Å². The third kappa shape index (κ3) is 5.84. The molecule has 2 atom stereocenters. The van der Waals surface area contributed by atoms with Gasteiger partial charge in [-0.1, -0.05) is 0 Å². The number of nitrogens with one attached hydrogen (secondary N) is 3. The van der Waals surface area contributed by atoms with Crippen molar-refractivity contribution < 1.29 is 28.4 Å². The first-order chi connectivity index (χ1) is 13.7.